The largest absolute Gasteiger partial charge is 0.508 e. The van der Waals surface area contributed by atoms with Crippen LogP contribution in [-0.2, 0) is 0 Å². The van der Waals surface area contributed by atoms with Crippen LogP contribution in [0.25, 0.3) is 0 Å². The molecule has 0 bridgehead atoms. The van der Waals surface area contributed by atoms with Gasteiger partial charge >= 0.3 is 0 Å². The Bertz CT molecular complexity index is 603. The maximum Gasteiger partial charge on any atom is 0.115 e. The molecular weight excluding hydrogens is 240 g/mol. The van der Waals surface area contributed by atoms with Crippen LogP contribution in [0.4, 0.5) is 0 Å². The van der Waals surface area contributed by atoms with Crippen LogP contribution in [0.5, 0.6) is 11.5 Å². The fourth-order valence-corrected chi connectivity index (χ4v) is 2.18. The second-order valence-corrected chi connectivity index (χ2v) is 4.58. The molecule has 4 heteroatoms. The van der Waals surface area contributed by atoms with E-state index < -0.39 is 0 Å². The molecule has 0 aromatic heterocycles. The van der Waals surface area contributed by atoms with E-state index in [0.29, 0.717) is 0 Å². The molecule has 0 spiro atoms. The smallest absolute Gasteiger partial charge is 0.115 e. The van der Waals surface area contributed by atoms with Gasteiger partial charge in [0.15, 0.2) is 0 Å². The van der Waals surface area contributed by atoms with E-state index in [1.54, 1.807) is 24.3 Å². The van der Waals surface area contributed by atoms with Crippen molar-refractivity contribution in [1.82, 2.24) is 5.43 Å². The molecule has 2 aromatic carbocycles. The van der Waals surface area contributed by atoms with Crippen molar-refractivity contribution < 1.29 is 10.2 Å². The number of hydrogen-bond donors (Lipinski definition) is 3. The lowest BCUT2D eigenvalue weighted by Crippen LogP contribution is -2.09. The van der Waals surface area contributed by atoms with Crippen LogP contribution >= 0.6 is 0 Å². The molecule has 19 heavy (non-hydrogen) atoms. The molecule has 3 N–H and O–H groups in total. The predicted molar refractivity (Wildman–Crippen MR) is 73.2 cm³/mol. The predicted octanol–water partition coefficient (Wildman–Crippen LogP) is 2.54. The first-order valence-corrected chi connectivity index (χ1v) is 6.13. The van der Waals surface area contributed by atoms with E-state index >= 15 is 0 Å². The van der Waals surface area contributed by atoms with Crippen LogP contribution in [0.15, 0.2) is 53.6 Å². The lowest BCUT2D eigenvalue weighted by Gasteiger charge is -2.09. The minimum Gasteiger partial charge on any atom is -0.508 e. The highest BCUT2D eigenvalue weighted by atomic mass is 16.3. The third kappa shape index (κ3) is 2.38. The maximum atomic E-state index is 9.28. The normalized spacial score (nSPS) is 17.9. The third-order valence-corrected chi connectivity index (χ3v) is 3.25. The molecule has 2 aromatic rings. The summed E-state index contributed by atoms with van der Waals surface area (Å²) in [4.78, 5) is 0. The van der Waals surface area contributed by atoms with E-state index in [2.05, 4.69) is 10.5 Å². The molecule has 0 saturated carbocycles. The van der Waals surface area contributed by atoms with Gasteiger partial charge in [-0.25, -0.2) is 0 Å². The summed E-state index contributed by atoms with van der Waals surface area (Å²) in [6.07, 6.45) is 0.787. The van der Waals surface area contributed by atoms with Crippen LogP contribution in [-0.4, -0.2) is 15.9 Å². The number of nitrogens with zero attached hydrogens (tertiary/aromatic N) is 1. The molecule has 1 aliphatic rings. The van der Waals surface area contributed by atoms with Crippen molar-refractivity contribution in [2.45, 2.75) is 12.5 Å². The van der Waals surface area contributed by atoms with E-state index in [0.717, 1.165) is 23.3 Å². The highest BCUT2D eigenvalue weighted by Crippen LogP contribution is 2.26. The molecule has 0 saturated heterocycles. The Kier molecular flexibility index (Phi) is 2.83. The van der Waals surface area contributed by atoms with Gasteiger partial charge in [0.2, 0.25) is 0 Å². The van der Waals surface area contributed by atoms with E-state index in [1.807, 2.05) is 24.3 Å². The highest BCUT2D eigenvalue weighted by Gasteiger charge is 2.20. The SMILES string of the molecule is Oc1ccc(C2=NNC(c3ccc(O)cc3)C2)cc1. The van der Waals surface area contributed by atoms with Gasteiger partial charge < -0.3 is 15.6 Å². The first kappa shape index (κ1) is 11.6. The van der Waals surface area contributed by atoms with E-state index in [4.69, 9.17) is 0 Å². The molecule has 1 atom stereocenters. The van der Waals surface area contributed by atoms with Crippen LogP contribution in [0, 0.1) is 0 Å². The monoisotopic (exact) mass is 254 g/mol. The molecule has 0 aliphatic carbocycles. The van der Waals surface area contributed by atoms with E-state index in [-0.39, 0.29) is 17.5 Å². The van der Waals surface area contributed by atoms with Gasteiger partial charge in [-0.3, -0.25) is 0 Å². The lowest BCUT2D eigenvalue weighted by molar-refractivity contribution is 0.474. The van der Waals surface area contributed by atoms with Gasteiger partial charge in [0.25, 0.3) is 0 Å². The summed E-state index contributed by atoms with van der Waals surface area (Å²) in [6, 6.07) is 14.3. The molecule has 96 valence electrons. The van der Waals surface area contributed by atoms with Crippen molar-refractivity contribution in [2.75, 3.05) is 0 Å². The Morgan fingerprint density at radius 1 is 0.895 bits per heavy atom. The van der Waals surface area contributed by atoms with Gasteiger partial charge in [0.1, 0.15) is 11.5 Å². The molecule has 0 amide bonds. The fraction of sp³-hybridized carbons (Fsp3) is 0.133. The number of hydrogen-bond acceptors (Lipinski definition) is 4. The number of rotatable bonds is 2. The van der Waals surface area contributed by atoms with Crippen molar-refractivity contribution in [1.29, 1.82) is 0 Å². The zero-order valence-electron chi connectivity index (χ0n) is 10.2. The average molecular weight is 254 g/mol. The number of phenolic OH excluding ortho intramolecular Hbond substituents is 2. The molecule has 0 radical (unpaired) electrons. The molecule has 1 unspecified atom stereocenters. The van der Waals surface area contributed by atoms with Crippen LogP contribution in [0.3, 0.4) is 0 Å². The number of benzene rings is 2. The van der Waals surface area contributed by atoms with Gasteiger partial charge in [-0.1, -0.05) is 12.1 Å². The third-order valence-electron chi connectivity index (χ3n) is 3.25. The average Bonchev–Trinajstić information content (AvgIpc) is 2.90. The Morgan fingerprint density at radius 2 is 1.47 bits per heavy atom. The summed E-state index contributed by atoms with van der Waals surface area (Å²) in [5.74, 6) is 0.520. The summed E-state index contributed by atoms with van der Waals surface area (Å²) < 4.78 is 0. The van der Waals surface area contributed by atoms with Crippen molar-refractivity contribution >= 4 is 5.71 Å². The van der Waals surface area contributed by atoms with Crippen molar-refractivity contribution in [2.24, 2.45) is 5.10 Å². The van der Waals surface area contributed by atoms with Gasteiger partial charge in [-0.2, -0.15) is 5.10 Å². The van der Waals surface area contributed by atoms with Gasteiger partial charge in [0.05, 0.1) is 11.8 Å². The van der Waals surface area contributed by atoms with Crippen molar-refractivity contribution in [3.8, 4) is 11.5 Å². The first-order chi connectivity index (χ1) is 9.22. The number of aromatic hydroxyl groups is 2. The molecule has 1 heterocycles. The first-order valence-electron chi connectivity index (χ1n) is 6.13. The van der Waals surface area contributed by atoms with Crippen LogP contribution < -0.4 is 5.43 Å². The number of nitrogens with one attached hydrogen (secondary N) is 1. The van der Waals surface area contributed by atoms with Crippen LogP contribution in [0.2, 0.25) is 0 Å². The topological polar surface area (TPSA) is 64.9 Å². The summed E-state index contributed by atoms with van der Waals surface area (Å²) in [5.41, 5.74) is 6.17. The summed E-state index contributed by atoms with van der Waals surface area (Å²) in [5, 5.41) is 22.9. The fourth-order valence-electron chi connectivity index (χ4n) is 2.18. The summed E-state index contributed by atoms with van der Waals surface area (Å²) >= 11 is 0. The Morgan fingerprint density at radius 3 is 2.11 bits per heavy atom. The van der Waals surface area contributed by atoms with Crippen molar-refractivity contribution in [3.05, 3.63) is 59.7 Å². The zero-order valence-corrected chi connectivity index (χ0v) is 10.2. The maximum absolute atomic E-state index is 9.28. The molecule has 1 aliphatic heterocycles. The van der Waals surface area contributed by atoms with Crippen LogP contribution in [0.1, 0.15) is 23.6 Å². The molecule has 3 rings (SSSR count). The van der Waals surface area contributed by atoms with E-state index in [1.165, 1.54) is 0 Å². The Hall–Kier alpha value is -2.49. The lowest BCUT2D eigenvalue weighted by atomic mass is 9.99. The van der Waals surface area contributed by atoms with Crippen molar-refractivity contribution in [3.63, 3.8) is 0 Å². The molecule has 4 nitrogen and oxygen atoms in total. The second kappa shape index (κ2) is 4.65. The number of hydrazone groups is 1. The molecular formula is C15H14N2O2. The Balaban J connectivity index is 1.76. The quantitative estimate of drug-likeness (QED) is 0.771. The van der Waals surface area contributed by atoms with E-state index in [9.17, 15) is 10.2 Å². The number of phenols is 2. The highest BCUT2D eigenvalue weighted by molar-refractivity contribution is 6.01. The van der Waals surface area contributed by atoms with Gasteiger partial charge in [-0.05, 0) is 47.5 Å². The minimum atomic E-state index is 0.129. The zero-order chi connectivity index (χ0) is 13.2. The summed E-state index contributed by atoms with van der Waals surface area (Å²) in [7, 11) is 0. The summed E-state index contributed by atoms with van der Waals surface area (Å²) in [6.45, 7) is 0. The standard InChI is InChI=1S/C15H14N2O2/c18-12-5-1-10(2-6-12)14-9-15(17-16-14)11-3-7-13(19)8-4-11/h1-8,14,16,18-19H,9H2. The van der Waals surface area contributed by atoms with Gasteiger partial charge in [0, 0.05) is 6.42 Å². The van der Waals surface area contributed by atoms with Gasteiger partial charge in [-0.15, -0.1) is 0 Å². The Labute approximate surface area is 111 Å². The molecule has 0 fully saturated rings. The second-order valence-electron chi connectivity index (χ2n) is 4.58. The minimum absolute atomic E-state index is 0.129.